The summed E-state index contributed by atoms with van der Waals surface area (Å²) in [4.78, 5) is 36.0. The lowest BCUT2D eigenvalue weighted by atomic mass is 9.87. The Bertz CT molecular complexity index is 885. The van der Waals surface area contributed by atoms with Gasteiger partial charge in [0.2, 0.25) is 11.8 Å². The number of thioether (sulfide) groups is 1. The lowest BCUT2D eigenvalue weighted by Crippen LogP contribution is -2.34. The zero-order chi connectivity index (χ0) is 21.5. The molecule has 0 radical (unpaired) electrons. The van der Waals surface area contributed by atoms with E-state index in [-0.39, 0.29) is 30.1 Å². The van der Waals surface area contributed by atoms with Crippen LogP contribution in [0.5, 0.6) is 0 Å². The Kier molecular flexibility index (Phi) is 7.49. The molecule has 30 heavy (non-hydrogen) atoms. The first-order valence-corrected chi connectivity index (χ1v) is 10.6. The number of nitriles is 1. The highest BCUT2D eigenvalue weighted by Crippen LogP contribution is 2.36. The number of hydrogen-bond donors (Lipinski definition) is 2. The minimum absolute atomic E-state index is 0.0551. The van der Waals surface area contributed by atoms with Crippen molar-refractivity contribution in [2.24, 2.45) is 0 Å². The van der Waals surface area contributed by atoms with Gasteiger partial charge in [0.1, 0.15) is 0 Å². The van der Waals surface area contributed by atoms with Crippen LogP contribution in [0, 0.1) is 11.3 Å². The Morgan fingerprint density at radius 1 is 1.37 bits per heavy atom. The minimum Gasteiger partial charge on any atom is -0.465 e. The van der Waals surface area contributed by atoms with Crippen LogP contribution in [0.3, 0.4) is 0 Å². The van der Waals surface area contributed by atoms with E-state index < -0.39 is 11.9 Å². The van der Waals surface area contributed by atoms with E-state index in [1.807, 2.05) is 0 Å². The first-order chi connectivity index (χ1) is 14.5. The van der Waals surface area contributed by atoms with E-state index in [4.69, 9.17) is 9.47 Å². The molecule has 2 aliphatic heterocycles. The number of methoxy groups -OCH3 is 1. The molecule has 0 unspecified atom stereocenters. The summed E-state index contributed by atoms with van der Waals surface area (Å²) in [7, 11) is 1.30. The third-order valence-electron chi connectivity index (χ3n) is 4.99. The Hall–Kier alpha value is -2.83. The van der Waals surface area contributed by atoms with Crippen LogP contribution in [-0.4, -0.2) is 49.9 Å². The molecule has 2 N–H and O–H groups in total. The lowest BCUT2D eigenvalue weighted by molar-refractivity contribution is -0.121. The van der Waals surface area contributed by atoms with Gasteiger partial charge < -0.3 is 20.1 Å². The van der Waals surface area contributed by atoms with E-state index in [1.165, 1.54) is 7.11 Å². The number of benzene rings is 1. The number of ether oxygens (including phenoxy) is 2. The average molecular weight is 429 g/mol. The summed E-state index contributed by atoms with van der Waals surface area (Å²) in [6, 6.07) is 8.81. The SMILES string of the molecule is COC(=O)c1ccc([C@H]2CC(=O)NC(SCC(=O)NC[C@@H]3CCCO3)=C2C#N)cc1. The van der Waals surface area contributed by atoms with Gasteiger partial charge in [0.05, 0.1) is 41.2 Å². The number of rotatable bonds is 7. The molecule has 2 atom stereocenters. The molecule has 0 saturated carbocycles. The van der Waals surface area contributed by atoms with Crippen LogP contribution in [-0.2, 0) is 19.1 Å². The zero-order valence-electron chi connectivity index (χ0n) is 16.6. The molecule has 158 valence electrons. The largest absolute Gasteiger partial charge is 0.465 e. The van der Waals surface area contributed by atoms with Crippen LogP contribution in [0.25, 0.3) is 0 Å². The normalized spacial score (nSPS) is 21.0. The van der Waals surface area contributed by atoms with Crippen molar-refractivity contribution in [1.82, 2.24) is 10.6 Å². The fourth-order valence-electron chi connectivity index (χ4n) is 3.41. The molecule has 9 heteroatoms. The van der Waals surface area contributed by atoms with E-state index in [1.54, 1.807) is 24.3 Å². The minimum atomic E-state index is -0.454. The van der Waals surface area contributed by atoms with Crippen molar-refractivity contribution in [1.29, 1.82) is 5.26 Å². The molecule has 0 spiro atoms. The number of carbonyl (C=O) groups excluding carboxylic acids is 3. The fraction of sp³-hybridized carbons (Fsp3) is 0.429. The fourth-order valence-corrected chi connectivity index (χ4v) is 4.32. The van der Waals surface area contributed by atoms with Gasteiger partial charge in [-0.25, -0.2) is 4.79 Å². The van der Waals surface area contributed by atoms with Crippen molar-refractivity contribution < 1.29 is 23.9 Å². The third-order valence-corrected chi connectivity index (χ3v) is 6.01. The van der Waals surface area contributed by atoms with Gasteiger partial charge in [-0.2, -0.15) is 5.26 Å². The van der Waals surface area contributed by atoms with Crippen LogP contribution in [0.2, 0.25) is 0 Å². The summed E-state index contributed by atoms with van der Waals surface area (Å²) in [5.74, 6) is -1.21. The molecular weight excluding hydrogens is 406 g/mol. The first-order valence-electron chi connectivity index (χ1n) is 9.65. The standard InChI is InChI=1S/C21H23N3O5S/c1-28-21(27)14-6-4-13(5-7-14)16-9-18(25)24-20(17(16)10-22)30-12-19(26)23-11-15-3-2-8-29-15/h4-7,15-16H,2-3,8-9,11-12H2,1H3,(H,23,26)(H,24,25)/t15-,16+/m0/s1. The highest BCUT2D eigenvalue weighted by atomic mass is 32.2. The van der Waals surface area contributed by atoms with Crippen molar-refractivity contribution in [2.75, 3.05) is 26.0 Å². The van der Waals surface area contributed by atoms with E-state index in [0.29, 0.717) is 22.7 Å². The van der Waals surface area contributed by atoms with Gasteiger partial charge in [-0.15, -0.1) is 0 Å². The van der Waals surface area contributed by atoms with Crippen LogP contribution in [0.4, 0.5) is 0 Å². The molecule has 2 heterocycles. The number of carbonyl (C=O) groups is 3. The first kappa shape index (κ1) is 21.9. The molecule has 1 aromatic rings. The zero-order valence-corrected chi connectivity index (χ0v) is 17.4. The third kappa shape index (κ3) is 5.40. The molecule has 2 aliphatic rings. The second-order valence-corrected chi connectivity index (χ2v) is 7.99. The number of hydrogen-bond acceptors (Lipinski definition) is 7. The smallest absolute Gasteiger partial charge is 0.337 e. The molecule has 1 saturated heterocycles. The maximum atomic E-state index is 12.2. The highest BCUT2D eigenvalue weighted by molar-refractivity contribution is 8.03. The van der Waals surface area contributed by atoms with Crippen LogP contribution < -0.4 is 10.6 Å². The molecule has 1 aromatic carbocycles. The van der Waals surface area contributed by atoms with E-state index >= 15 is 0 Å². The maximum absolute atomic E-state index is 12.2. The molecule has 1 fully saturated rings. The Labute approximate surface area is 179 Å². The van der Waals surface area contributed by atoms with E-state index in [0.717, 1.165) is 36.8 Å². The van der Waals surface area contributed by atoms with Crippen molar-refractivity contribution in [3.63, 3.8) is 0 Å². The molecular formula is C21H23N3O5S. The Balaban J connectivity index is 1.68. The number of nitrogens with one attached hydrogen (secondary N) is 2. The second kappa shape index (κ2) is 10.3. The van der Waals surface area contributed by atoms with Gasteiger partial charge in [-0.05, 0) is 30.5 Å². The molecule has 0 aliphatic carbocycles. The summed E-state index contributed by atoms with van der Waals surface area (Å²) < 4.78 is 10.2. The van der Waals surface area contributed by atoms with Crippen LogP contribution in [0.15, 0.2) is 34.9 Å². The summed E-state index contributed by atoms with van der Waals surface area (Å²) in [6.45, 7) is 1.19. The molecule has 2 amide bonds. The summed E-state index contributed by atoms with van der Waals surface area (Å²) >= 11 is 1.13. The Morgan fingerprint density at radius 2 is 2.13 bits per heavy atom. The summed E-state index contributed by atoms with van der Waals surface area (Å²) in [6.07, 6.45) is 2.11. The van der Waals surface area contributed by atoms with Crippen LogP contribution >= 0.6 is 11.8 Å². The van der Waals surface area contributed by atoms with Gasteiger partial charge >= 0.3 is 5.97 Å². The molecule has 8 nitrogen and oxygen atoms in total. The van der Waals surface area contributed by atoms with Crippen LogP contribution in [0.1, 0.15) is 41.1 Å². The molecule has 0 aromatic heterocycles. The predicted octanol–water partition coefficient (Wildman–Crippen LogP) is 1.84. The topological polar surface area (TPSA) is 118 Å². The average Bonchev–Trinajstić information content (AvgIpc) is 3.29. The predicted molar refractivity (Wildman–Crippen MR) is 110 cm³/mol. The van der Waals surface area contributed by atoms with Crippen molar-refractivity contribution >= 4 is 29.5 Å². The number of esters is 1. The van der Waals surface area contributed by atoms with Crippen molar-refractivity contribution in [3.05, 3.63) is 46.0 Å². The Morgan fingerprint density at radius 3 is 2.77 bits per heavy atom. The maximum Gasteiger partial charge on any atom is 0.337 e. The van der Waals surface area contributed by atoms with Crippen molar-refractivity contribution in [3.8, 4) is 6.07 Å². The van der Waals surface area contributed by atoms with Gasteiger partial charge in [0.25, 0.3) is 0 Å². The molecule has 3 rings (SSSR count). The second-order valence-electron chi connectivity index (χ2n) is 7.00. The molecule has 0 bridgehead atoms. The lowest BCUT2D eigenvalue weighted by Gasteiger charge is -2.25. The monoisotopic (exact) mass is 429 g/mol. The van der Waals surface area contributed by atoms with Gasteiger partial charge in [0.15, 0.2) is 0 Å². The summed E-state index contributed by atoms with van der Waals surface area (Å²) in [5, 5.41) is 15.6. The quantitative estimate of drug-likeness (QED) is 0.635. The van der Waals surface area contributed by atoms with E-state index in [9.17, 15) is 19.6 Å². The highest BCUT2D eigenvalue weighted by Gasteiger charge is 2.30. The van der Waals surface area contributed by atoms with Gasteiger partial charge in [-0.1, -0.05) is 23.9 Å². The summed E-state index contributed by atoms with van der Waals surface area (Å²) in [5.41, 5.74) is 1.54. The number of amides is 2. The number of nitrogens with zero attached hydrogens (tertiary/aromatic N) is 1. The number of allylic oxidation sites excluding steroid dienone is 1. The van der Waals surface area contributed by atoms with Crippen molar-refractivity contribution in [2.45, 2.75) is 31.3 Å². The van der Waals surface area contributed by atoms with E-state index in [2.05, 4.69) is 16.7 Å². The van der Waals surface area contributed by atoms with Gasteiger partial charge in [-0.3, -0.25) is 9.59 Å². The van der Waals surface area contributed by atoms with Gasteiger partial charge in [0, 0.05) is 25.5 Å².